The van der Waals surface area contributed by atoms with E-state index in [9.17, 15) is 0 Å². The number of nitrogens with one attached hydrogen (secondary N) is 1. The van der Waals surface area contributed by atoms with E-state index in [1.807, 2.05) is 18.5 Å². The normalized spacial score (nSPS) is 17.7. The lowest BCUT2D eigenvalue weighted by atomic mass is 10.0. The molecule has 0 bridgehead atoms. The molecule has 1 saturated carbocycles. The zero-order valence-corrected chi connectivity index (χ0v) is 18.8. The van der Waals surface area contributed by atoms with E-state index in [0.717, 1.165) is 58.3 Å². The molecule has 2 fully saturated rings. The number of ether oxygens (including phenoxy) is 1. The average molecular weight is 455 g/mol. The monoisotopic (exact) mass is 454 g/mol. The summed E-state index contributed by atoms with van der Waals surface area (Å²) in [5.74, 6) is 2.12. The molecule has 34 heavy (non-hydrogen) atoms. The number of aromatic amines is 1. The molecule has 8 nitrogen and oxygen atoms in total. The quantitative estimate of drug-likeness (QED) is 0.413. The Morgan fingerprint density at radius 2 is 2.00 bits per heavy atom. The van der Waals surface area contributed by atoms with E-state index in [4.69, 9.17) is 24.9 Å². The Kier molecular flexibility index (Phi) is 4.56. The molecule has 5 aromatic rings. The van der Waals surface area contributed by atoms with Crippen LogP contribution < -0.4 is 10.6 Å². The van der Waals surface area contributed by atoms with Crippen molar-refractivity contribution in [3.63, 3.8) is 0 Å². The lowest BCUT2D eigenvalue weighted by Gasteiger charge is -2.27. The molecule has 4 aromatic heterocycles. The first-order valence-corrected chi connectivity index (χ1v) is 12.0. The Labute approximate surface area is 196 Å². The summed E-state index contributed by atoms with van der Waals surface area (Å²) in [4.78, 5) is 20.2. The highest BCUT2D eigenvalue weighted by molar-refractivity contribution is 6.06. The van der Waals surface area contributed by atoms with Crippen molar-refractivity contribution in [1.29, 1.82) is 0 Å². The van der Waals surface area contributed by atoms with Crippen LogP contribution in [0.25, 0.3) is 44.5 Å². The van der Waals surface area contributed by atoms with Gasteiger partial charge in [-0.2, -0.15) is 0 Å². The van der Waals surface area contributed by atoms with Gasteiger partial charge >= 0.3 is 0 Å². The Balaban J connectivity index is 1.43. The standard InChI is InChI=1S/C26H26N6O2/c27-20(16-4-5-16)13-15-12-19-22-23(34-26(19)29-14-15)25(32-8-10-33-11-9-32)31-24(30-22)18-2-1-3-21-17(18)6-7-28-21/h1-3,6-7,12,14,16,20,28H,4-5,8-11,13,27H2. The van der Waals surface area contributed by atoms with Crippen LogP contribution in [0.2, 0.25) is 0 Å². The van der Waals surface area contributed by atoms with Gasteiger partial charge in [-0.25, -0.2) is 15.0 Å². The van der Waals surface area contributed by atoms with Gasteiger partial charge in [0.05, 0.1) is 18.6 Å². The van der Waals surface area contributed by atoms with E-state index in [1.165, 1.54) is 12.8 Å². The summed E-state index contributed by atoms with van der Waals surface area (Å²) in [7, 11) is 0. The molecule has 3 N–H and O–H groups in total. The first-order valence-electron chi connectivity index (χ1n) is 12.0. The van der Waals surface area contributed by atoms with Gasteiger partial charge in [0.1, 0.15) is 5.52 Å². The third-order valence-electron chi connectivity index (χ3n) is 7.05. The van der Waals surface area contributed by atoms with Crippen molar-refractivity contribution < 1.29 is 9.15 Å². The lowest BCUT2D eigenvalue weighted by Crippen LogP contribution is -2.37. The smallest absolute Gasteiger partial charge is 0.229 e. The average Bonchev–Trinajstić information content (AvgIpc) is 3.51. The molecule has 8 heteroatoms. The maximum atomic E-state index is 6.41. The second-order valence-corrected chi connectivity index (χ2v) is 9.40. The molecule has 1 aromatic carbocycles. The number of furan rings is 1. The van der Waals surface area contributed by atoms with Crippen molar-refractivity contribution in [1.82, 2.24) is 19.9 Å². The number of anilines is 1. The summed E-state index contributed by atoms with van der Waals surface area (Å²) in [6, 6.07) is 10.6. The van der Waals surface area contributed by atoms with Crippen molar-refractivity contribution in [2.75, 3.05) is 31.2 Å². The molecule has 0 radical (unpaired) electrons. The van der Waals surface area contributed by atoms with Crippen LogP contribution in [-0.4, -0.2) is 52.3 Å². The van der Waals surface area contributed by atoms with E-state index < -0.39 is 0 Å². The maximum Gasteiger partial charge on any atom is 0.229 e. The van der Waals surface area contributed by atoms with Crippen LogP contribution in [0.5, 0.6) is 0 Å². The van der Waals surface area contributed by atoms with Gasteiger partial charge < -0.3 is 24.8 Å². The molecule has 5 heterocycles. The number of nitrogens with zero attached hydrogens (tertiary/aromatic N) is 4. The Hall–Kier alpha value is -3.49. The molecule has 7 rings (SSSR count). The summed E-state index contributed by atoms with van der Waals surface area (Å²) in [5, 5.41) is 2.01. The Morgan fingerprint density at radius 3 is 2.85 bits per heavy atom. The number of pyridine rings is 1. The molecular formula is C26H26N6O2. The highest BCUT2D eigenvalue weighted by atomic mass is 16.5. The number of hydrogen-bond donors (Lipinski definition) is 2. The second-order valence-electron chi connectivity index (χ2n) is 9.40. The van der Waals surface area contributed by atoms with Crippen LogP contribution in [0, 0.1) is 5.92 Å². The zero-order chi connectivity index (χ0) is 22.6. The van der Waals surface area contributed by atoms with Gasteiger partial charge in [-0.3, -0.25) is 0 Å². The van der Waals surface area contributed by atoms with Crippen LogP contribution >= 0.6 is 0 Å². The van der Waals surface area contributed by atoms with E-state index in [2.05, 4.69) is 39.1 Å². The number of morpholine rings is 1. The van der Waals surface area contributed by atoms with Crippen molar-refractivity contribution in [2.24, 2.45) is 11.7 Å². The molecule has 0 spiro atoms. The topological polar surface area (TPSA) is 106 Å². The van der Waals surface area contributed by atoms with Crippen LogP contribution in [0.15, 0.2) is 47.1 Å². The molecule has 172 valence electrons. The van der Waals surface area contributed by atoms with Gasteiger partial charge in [-0.1, -0.05) is 12.1 Å². The minimum atomic E-state index is 0.178. The minimum absolute atomic E-state index is 0.178. The fourth-order valence-corrected chi connectivity index (χ4v) is 5.02. The summed E-state index contributed by atoms with van der Waals surface area (Å²) >= 11 is 0. The van der Waals surface area contributed by atoms with Crippen molar-refractivity contribution >= 4 is 38.9 Å². The number of aromatic nitrogens is 4. The molecule has 1 unspecified atom stereocenters. The predicted octanol–water partition coefficient (Wildman–Crippen LogP) is 4.04. The van der Waals surface area contributed by atoms with Crippen molar-refractivity contribution in [2.45, 2.75) is 25.3 Å². The summed E-state index contributed by atoms with van der Waals surface area (Å²) in [6.45, 7) is 2.84. The third kappa shape index (κ3) is 3.33. The van der Waals surface area contributed by atoms with Gasteiger partial charge in [-0.05, 0) is 48.9 Å². The highest BCUT2D eigenvalue weighted by Crippen LogP contribution is 2.37. The second kappa shape index (κ2) is 7.78. The van der Waals surface area contributed by atoms with Crippen molar-refractivity contribution in [3.05, 3.63) is 48.3 Å². The Bertz CT molecular complexity index is 1510. The zero-order valence-electron chi connectivity index (χ0n) is 18.8. The largest absolute Gasteiger partial charge is 0.432 e. The van der Waals surface area contributed by atoms with Crippen LogP contribution in [0.1, 0.15) is 18.4 Å². The molecule has 2 aliphatic rings. The fraction of sp³-hybridized carbons (Fsp3) is 0.346. The number of H-pyrrole nitrogens is 1. The number of hydrogen-bond acceptors (Lipinski definition) is 7. The van der Waals surface area contributed by atoms with E-state index >= 15 is 0 Å². The summed E-state index contributed by atoms with van der Waals surface area (Å²) in [5.41, 5.74) is 11.6. The molecule has 1 aliphatic heterocycles. The van der Waals surface area contributed by atoms with Crippen LogP contribution in [0.3, 0.4) is 0 Å². The predicted molar refractivity (Wildman–Crippen MR) is 132 cm³/mol. The molecule has 1 aliphatic carbocycles. The fourth-order valence-electron chi connectivity index (χ4n) is 5.02. The van der Waals surface area contributed by atoms with Crippen molar-refractivity contribution in [3.8, 4) is 11.4 Å². The summed E-state index contributed by atoms with van der Waals surface area (Å²) in [6.07, 6.45) is 7.11. The lowest BCUT2D eigenvalue weighted by molar-refractivity contribution is 0.122. The molecule has 1 atom stereocenters. The summed E-state index contributed by atoms with van der Waals surface area (Å²) < 4.78 is 11.9. The molecule has 1 saturated heterocycles. The van der Waals surface area contributed by atoms with Gasteiger partial charge in [0.2, 0.25) is 5.71 Å². The first kappa shape index (κ1) is 19.9. The van der Waals surface area contributed by atoms with Gasteiger partial charge in [0, 0.05) is 48.0 Å². The van der Waals surface area contributed by atoms with E-state index in [-0.39, 0.29) is 6.04 Å². The first-order chi connectivity index (χ1) is 16.7. The number of nitrogens with two attached hydrogens (primary N) is 1. The maximum absolute atomic E-state index is 6.41. The van der Waals surface area contributed by atoms with E-state index in [1.54, 1.807) is 0 Å². The molecular weight excluding hydrogens is 428 g/mol. The number of fused-ring (bicyclic) bond motifs is 4. The number of rotatable bonds is 5. The van der Waals surface area contributed by atoms with Gasteiger partial charge in [0.25, 0.3) is 0 Å². The van der Waals surface area contributed by atoms with E-state index in [0.29, 0.717) is 36.3 Å². The third-order valence-corrected chi connectivity index (χ3v) is 7.05. The minimum Gasteiger partial charge on any atom is -0.432 e. The SMILES string of the molecule is NC(Cc1cnc2oc3c(N4CCOCC4)nc(-c4cccc5[nH]ccc45)nc3c2c1)C1CC1. The van der Waals surface area contributed by atoms with Gasteiger partial charge in [0.15, 0.2) is 17.2 Å². The Morgan fingerprint density at radius 1 is 1.12 bits per heavy atom. The van der Waals surface area contributed by atoms with Crippen LogP contribution in [-0.2, 0) is 11.2 Å². The van der Waals surface area contributed by atoms with Gasteiger partial charge in [-0.15, -0.1) is 0 Å². The number of benzene rings is 1. The highest BCUT2D eigenvalue weighted by Gasteiger charge is 2.29. The van der Waals surface area contributed by atoms with Crippen LogP contribution in [0.4, 0.5) is 5.82 Å². The molecule has 0 amide bonds.